The molecule has 156 valence electrons. The number of methoxy groups -OCH3 is 2. The molecule has 0 saturated heterocycles. The largest absolute Gasteiger partial charge is 0.493 e. The highest BCUT2D eigenvalue weighted by Gasteiger charge is 2.26. The molecule has 30 heavy (non-hydrogen) atoms. The van der Waals surface area contributed by atoms with E-state index in [2.05, 4.69) is 47.1 Å². The molecule has 3 aromatic rings. The summed E-state index contributed by atoms with van der Waals surface area (Å²) in [4.78, 5) is 16.2. The number of nitrogens with zero attached hydrogens (tertiary/aromatic N) is 1. The van der Waals surface area contributed by atoms with Crippen LogP contribution in [0.1, 0.15) is 27.6 Å². The van der Waals surface area contributed by atoms with Crippen molar-refractivity contribution in [3.63, 3.8) is 0 Å². The topological polar surface area (TPSA) is 55.4 Å². The molecule has 0 spiro atoms. The van der Waals surface area contributed by atoms with Crippen molar-refractivity contribution in [2.24, 2.45) is 0 Å². The minimum atomic E-state index is 0.136. The summed E-state index contributed by atoms with van der Waals surface area (Å²) >= 11 is 1.73. The van der Waals surface area contributed by atoms with Crippen molar-refractivity contribution in [2.45, 2.75) is 19.0 Å². The monoisotopic (exact) mass is 423 g/mol. The molecule has 1 aromatic heterocycles. The lowest BCUT2D eigenvalue weighted by Gasteiger charge is -2.29. The fraction of sp³-hybridized carbons (Fsp3) is 0.292. The molecule has 0 radical (unpaired) electrons. The highest BCUT2D eigenvalue weighted by Crippen LogP contribution is 2.33. The van der Waals surface area contributed by atoms with Crippen LogP contribution in [-0.2, 0) is 17.8 Å². The fourth-order valence-electron chi connectivity index (χ4n) is 3.99. The van der Waals surface area contributed by atoms with Gasteiger partial charge in [-0.1, -0.05) is 36.4 Å². The maximum Gasteiger partial charge on any atom is 0.278 e. The van der Waals surface area contributed by atoms with Gasteiger partial charge < -0.3 is 19.7 Å². The molecule has 6 heteroatoms. The molecule has 2 heterocycles. The Morgan fingerprint density at radius 2 is 1.80 bits per heavy atom. The molecular formula is C24H27N2O3S+. The third kappa shape index (κ3) is 4.35. The quantitative estimate of drug-likeness (QED) is 0.636. The van der Waals surface area contributed by atoms with E-state index in [-0.39, 0.29) is 11.9 Å². The van der Waals surface area contributed by atoms with Crippen LogP contribution in [0.2, 0.25) is 0 Å². The third-order valence-corrected chi connectivity index (χ3v) is 6.56. The normalized spacial score (nSPS) is 14.1. The zero-order chi connectivity index (χ0) is 20.9. The molecule has 1 aliphatic rings. The molecule has 0 saturated carbocycles. The van der Waals surface area contributed by atoms with Crippen LogP contribution in [0, 0.1) is 0 Å². The van der Waals surface area contributed by atoms with E-state index in [4.69, 9.17) is 9.47 Å². The lowest BCUT2D eigenvalue weighted by molar-refractivity contribution is -0.676. The molecule has 4 rings (SSSR count). The minimum absolute atomic E-state index is 0.136. The number of carbonyl (C=O) groups excluding carboxylic acids is 1. The van der Waals surface area contributed by atoms with E-state index in [1.54, 1.807) is 25.6 Å². The van der Waals surface area contributed by atoms with Crippen LogP contribution < -0.4 is 14.8 Å². The molecule has 1 atom stereocenters. The summed E-state index contributed by atoms with van der Waals surface area (Å²) in [6.45, 7) is 1.75. The Kier molecular flexibility index (Phi) is 6.35. The van der Waals surface area contributed by atoms with Crippen LogP contribution in [0.25, 0.3) is 0 Å². The van der Waals surface area contributed by atoms with Crippen LogP contribution in [0.15, 0.2) is 60.0 Å². The number of rotatable bonds is 7. The first-order valence-electron chi connectivity index (χ1n) is 10.1. The van der Waals surface area contributed by atoms with Gasteiger partial charge in [0.2, 0.25) is 0 Å². The predicted molar refractivity (Wildman–Crippen MR) is 118 cm³/mol. The van der Waals surface area contributed by atoms with Crippen LogP contribution in [0.5, 0.6) is 11.5 Å². The van der Waals surface area contributed by atoms with Gasteiger partial charge in [-0.05, 0) is 41.1 Å². The first-order valence-corrected chi connectivity index (χ1v) is 11.0. The van der Waals surface area contributed by atoms with Crippen LogP contribution >= 0.6 is 11.3 Å². The predicted octanol–water partition coefficient (Wildman–Crippen LogP) is 3.00. The highest BCUT2D eigenvalue weighted by molar-refractivity contribution is 7.10. The molecule has 2 N–H and O–H groups in total. The van der Waals surface area contributed by atoms with Gasteiger partial charge in [0.1, 0.15) is 6.04 Å². The molecule has 5 nitrogen and oxygen atoms in total. The average Bonchev–Trinajstić information content (AvgIpc) is 3.33. The number of carbonyl (C=O) groups is 1. The number of nitrogens with two attached hydrogens (primary N) is 1. The number of thiophene rings is 1. The fourth-order valence-corrected chi connectivity index (χ4v) is 4.84. The van der Waals surface area contributed by atoms with E-state index in [1.165, 1.54) is 16.0 Å². The summed E-state index contributed by atoms with van der Waals surface area (Å²) in [6, 6.07) is 18.7. The standard InChI is InChI=1S/C24H26N2O3S/c1-28-20-13-18-10-11-26(16-19(18)14-21(20)29-2)23(27)15-25-24(22-9-6-12-30-22)17-7-4-3-5-8-17/h3-9,12-14,24-25H,10-11,15-16H2,1-2H3/p+1/t24-/m0/s1. The van der Waals surface area contributed by atoms with Gasteiger partial charge in [0, 0.05) is 18.7 Å². The second kappa shape index (κ2) is 9.32. The van der Waals surface area contributed by atoms with Gasteiger partial charge >= 0.3 is 0 Å². The first kappa shape index (κ1) is 20.4. The van der Waals surface area contributed by atoms with Crippen molar-refractivity contribution in [2.75, 3.05) is 27.3 Å². The molecule has 0 fully saturated rings. The van der Waals surface area contributed by atoms with Crippen LogP contribution in [0.4, 0.5) is 0 Å². The summed E-state index contributed by atoms with van der Waals surface area (Å²) in [7, 11) is 3.29. The lowest BCUT2D eigenvalue weighted by atomic mass is 9.98. The molecule has 1 aliphatic heterocycles. The van der Waals surface area contributed by atoms with Crippen molar-refractivity contribution in [3.8, 4) is 11.5 Å². The minimum Gasteiger partial charge on any atom is -0.493 e. The first-order chi connectivity index (χ1) is 14.7. The zero-order valence-electron chi connectivity index (χ0n) is 17.3. The van der Waals surface area contributed by atoms with Gasteiger partial charge in [-0.3, -0.25) is 4.79 Å². The summed E-state index contributed by atoms with van der Waals surface area (Å²) in [5, 5.41) is 4.23. The molecule has 0 aliphatic carbocycles. The van der Waals surface area contributed by atoms with Crippen molar-refractivity contribution >= 4 is 17.2 Å². The zero-order valence-corrected chi connectivity index (χ0v) is 18.2. The Hall–Kier alpha value is -2.83. The van der Waals surface area contributed by atoms with Crippen molar-refractivity contribution in [1.82, 2.24) is 4.90 Å². The number of fused-ring (bicyclic) bond motifs is 1. The smallest absolute Gasteiger partial charge is 0.278 e. The van der Waals surface area contributed by atoms with Crippen LogP contribution in [0.3, 0.4) is 0 Å². The maximum atomic E-state index is 13.0. The van der Waals surface area contributed by atoms with E-state index in [0.717, 1.165) is 24.3 Å². The Bertz CT molecular complexity index is 989. The average molecular weight is 424 g/mol. The highest BCUT2D eigenvalue weighted by atomic mass is 32.1. The van der Waals surface area contributed by atoms with Crippen LogP contribution in [-0.4, -0.2) is 38.1 Å². The Labute approximate surface area is 181 Å². The van der Waals surface area contributed by atoms with E-state index in [9.17, 15) is 4.79 Å². The number of quaternary nitrogens is 1. The second-order valence-electron chi connectivity index (χ2n) is 7.38. The lowest BCUT2D eigenvalue weighted by Crippen LogP contribution is -2.87. The number of benzene rings is 2. The maximum absolute atomic E-state index is 13.0. The molecule has 0 unspecified atom stereocenters. The van der Waals surface area contributed by atoms with Crippen molar-refractivity contribution < 1.29 is 19.6 Å². The van der Waals surface area contributed by atoms with Gasteiger partial charge in [-0.25, -0.2) is 0 Å². The van der Waals surface area contributed by atoms with E-state index in [1.807, 2.05) is 23.1 Å². The summed E-state index contributed by atoms with van der Waals surface area (Å²) in [6.07, 6.45) is 0.828. The SMILES string of the molecule is COc1cc2c(cc1OC)CN(C(=O)C[NH2+][C@@H](c1ccccc1)c1cccs1)CC2. The Morgan fingerprint density at radius 1 is 1.07 bits per heavy atom. The van der Waals surface area contributed by atoms with Gasteiger partial charge in [-0.2, -0.15) is 0 Å². The summed E-state index contributed by atoms with van der Waals surface area (Å²) in [5.41, 5.74) is 3.57. The van der Waals surface area contributed by atoms with Crippen molar-refractivity contribution in [1.29, 1.82) is 0 Å². The van der Waals surface area contributed by atoms with Crippen molar-refractivity contribution in [3.05, 3.63) is 81.5 Å². The number of amides is 1. The third-order valence-electron chi connectivity index (χ3n) is 5.61. The second-order valence-corrected chi connectivity index (χ2v) is 8.36. The summed E-state index contributed by atoms with van der Waals surface area (Å²) in [5.74, 6) is 1.61. The number of hydrogen-bond donors (Lipinski definition) is 1. The molecule has 0 bridgehead atoms. The van der Waals surface area contributed by atoms with E-state index < -0.39 is 0 Å². The molecule has 2 aromatic carbocycles. The summed E-state index contributed by atoms with van der Waals surface area (Å²) < 4.78 is 10.8. The number of ether oxygens (including phenoxy) is 2. The Morgan fingerprint density at radius 3 is 2.47 bits per heavy atom. The number of hydrogen-bond acceptors (Lipinski definition) is 4. The van der Waals surface area contributed by atoms with Gasteiger partial charge in [-0.15, -0.1) is 11.3 Å². The van der Waals surface area contributed by atoms with E-state index in [0.29, 0.717) is 18.8 Å². The van der Waals surface area contributed by atoms with Gasteiger partial charge in [0.05, 0.1) is 19.1 Å². The van der Waals surface area contributed by atoms with E-state index >= 15 is 0 Å². The molecular weight excluding hydrogens is 396 g/mol. The molecule has 1 amide bonds. The van der Waals surface area contributed by atoms with Gasteiger partial charge in [0.15, 0.2) is 18.0 Å². The van der Waals surface area contributed by atoms with Gasteiger partial charge in [0.25, 0.3) is 5.91 Å². The Balaban J connectivity index is 1.45.